The second kappa shape index (κ2) is 5.18. The maximum atomic E-state index is 5.45. The van der Waals surface area contributed by atoms with Crippen molar-refractivity contribution < 1.29 is 0 Å². The quantitative estimate of drug-likeness (QED) is 0.544. The molecule has 0 bridgehead atoms. The van der Waals surface area contributed by atoms with Gasteiger partial charge in [0.15, 0.2) is 0 Å². The summed E-state index contributed by atoms with van der Waals surface area (Å²) in [5, 5.41) is 7.50. The van der Waals surface area contributed by atoms with E-state index in [9.17, 15) is 0 Å². The fourth-order valence-corrected chi connectivity index (χ4v) is 1.64. The molecule has 2 aromatic heterocycles. The molecule has 4 N–H and O–H groups in total. The van der Waals surface area contributed by atoms with Gasteiger partial charge in [-0.25, -0.2) is 10.8 Å². The highest BCUT2D eigenvalue weighted by Crippen LogP contribution is 2.12. The highest BCUT2D eigenvalue weighted by Gasteiger charge is 2.08. The van der Waals surface area contributed by atoms with E-state index >= 15 is 0 Å². The Morgan fingerprint density at radius 1 is 1.39 bits per heavy atom. The van der Waals surface area contributed by atoms with E-state index in [1.807, 2.05) is 13.0 Å². The zero-order chi connectivity index (χ0) is 13.1. The summed E-state index contributed by atoms with van der Waals surface area (Å²) in [4.78, 5) is 8.61. The highest BCUT2D eigenvalue weighted by molar-refractivity contribution is 5.47. The molecule has 2 aromatic rings. The number of hydrogen-bond acceptors (Lipinski definition) is 6. The van der Waals surface area contributed by atoms with E-state index in [2.05, 4.69) is 39.7 Å². The molecule has 7 heteroatoms. The SMILES string of the molecule is Cc1cc(NN)n2nc(NCCC(C)C)nc2n1. The molecule has 98 valence electrons. The molecular formula is C11H19N7. The number of fused-ring (bicyclic) bond motifs is 1. The van der Waals surface area contributed by atoms with E-state index in [-0.39, 0.29) is 0 Å². The summed E-state index contributed by atoms with van der Waals surface area (Å²) in [6, 6.07) is 1.82. The van der Waals surface area contributed by atoms with Crippen molar-refractivity contribution in [3.8, 4) is 0 Å². The average Bonchev–Trinajstić information content (AvgIpc) is 2.69. The minimum atomic E-state index is 0.537. The molecule has 0 unspecified atom stereocenters. The lowest BCUT2D eigenvalue weighted by Crippen LogP contribution is -2.12. The zero-order valence-corrected chi connectivity index (χ0v) is 10.9. The van der Waals surface area contributed by atoms with Gasteiger partial charge in [-0.3, -0.25) is 0 Å². The molecule has 0 aromatic carbocycles. The number of hydrogen-bond donors (Lipinski definition) is 3. The molecule has 0 spiro atoms. The second-order valence-electron chi connectivity index (χ2n) is 4.68. The third-order valence-electron chi connectivity index (χ3n) is 2.59. The summed E-state index contributed by atoms with van der Waals surface area (Å²) < 4.78 is 1.59. The highest BCUT2D eigenvalue weighted by atomic mass is 15.4. The van der Waals surface area contributed by atoms with Crippen LogP contribution in [0.4, 0.5) is 11.8 Å². The van der Waals surface area contributed by atoms with Gasteiger partial charge in [0.1, 0.15) is 5.82 Å². The van der Waals surface area contributed by atoms with Gasteiger partial charge in [-0.2, -0.15) is 9.50 Å². The van der Waals surface area contributed by atoms with Crippen LogP contribution in [-0.4, -0.2) is 26.1 Å². The van der Waals surface area contributed by atoms with Crippen LogP contribution < -0.4 is 16.6 Å². The van der Waals surface area contributed by atoms with Crippen molar-refractivity contribution in [2.75, 3.05) is 17.3 Å². The summed E-state index contributed by atoms with van der Waals surface area (Å²) in [6.07, 6.45) is 1.07. The normalized spacial score (nSPS) is 11.2. The number of aromatic nitrogens is 4. The van der Waals surface area contributed by atoms with Gasteiger partial charge in [0.25, 0.3) is 5.78 Å². The maximum Gasteiger partial charge on any atom is 0.256 e. The van der Waals surface area contributed by atoms with Gasteiger partial charge in [-0.15, -0.1) is 5.10 Å². The van der Waals surface area contributed by atoms with Gasteiger partial charge < -0.3 is 10.7 Å². The number of nitrogens with one attached hydrogen (secondary N) is 2. The average molecular weight is 249 g/mol. The van der Waals surface area contributed by atoms with E-state index < -0.39 is 0 Å². The van der Waals surface area contributed by atoms with Gasteiger partial charge in [0.2, 0.25) is 5.95 Å². The fourth-order valence-electron chi connectivity index (χ4n) is 1.64. The molecule has 0 saturated carbocycles. The Bertz CT molecular complexity index is 531. The molecule has 0 aliphatic carbocycles. The van der Waals surface area contributed by atoms with Crippen molar-refractivity contribution in [1.29, 1.82) is 0 Å². The van der Waals surface area contributed by atoms with Crippen LogP contribution in [0, 0.1) is 12.8 Å². The predicted octanol–water partition coefficient (Wildman–Crippen LogP) is 1.18. The van der Waals surface area contributed by atoms with Gasteiger partial charge in [0, 0.05) is 18.3 Å². The van der Waals surface area contributed by atoms with Gasteiger partial charge in [-0.1, -0.05) is 13.8 Å². The third-order valence-corrected chi connectivity index (χ3v) is 2.59. The molecule has 2 rings (SSSR count). The summed E-state index contributed by atoms with van der Waals surface area (Å²) in [5.41, 5.74) is 3.44. The standard InChI is InChI=1S/C11H19N7/c1-7(2)4-5-13-10-15-11-14-8(3)6-9(16-12)18(11)17-10/h6-7,16H,4-5,12H2,1-3H3,(H,13,17). The lowest BCUT2D eigenvalue weighted by molar-refractivity contribution is 0.606. The third kappa shape index (κ3) is 2.67. The summed E-state index contributed by atoms with van der Waals surface area (Å²) in [7, 11) is 0. The van der Waals surface area contributed by atoms with Crippen molar-refractivity contribution >= 4 is 17.5 Å². The van der Waals surface area contributed by atoms with E-state index in [1.165, 1.54) is 0 Å². The predicted molar refractivity (Wildman–Crippen MR) is 71.3 cm³/mol. The topological polar surface area (TPSA) is 93.2 Å². The number of aryl methyl sites for hydroxylation is 1. The van der Waals surface area contributed by atoms with Crippen LogP contribution >= 0.6 is 0 Å². The molecule has 0 fully saturated rings. The Balaban J connectivity index is 2.21. The number of nitrogen functional groups attached to an aromatic ring is 1. The lowest BCUT2D eigenvalue weighted by atomic mass is 10.1. The maximum absolute atomic E-state index is 5.45. The monoisotopic (exact) mass is 249 g/mol. The molecular weight excluding hydrogens is 230 g/mol. The van der Waals surface area contributed by atoms with Gasteiger partial charge in [-0.05, 0) is 19.3 Å². The Labute approximate surface area is 106 Å². The van der Waals surface area contributed by atoms with Gasteiger partial charge >= 0.3 is 0 Å². The van der Waals surface area contributed by atoms with Gasteiger partial charge in [0.05, 0.1) is 0 Å². The van der Waals surface area contributed by atoms with E-state index in [4.69, 9.17) is 5.84 Å². The summed E-state index contributed by atoms with van der Waals surface area (Å²) in [5.74, 6) is 7.88. The van der Waals surface area contributed by atoms with Crippen molar-refractivity contribution in [2.24, 2.45) is 11.8 Å². The zero-order valence-electron chi connectivity index (χ0n) is 10.9. The van der Waals surface area contributed by atoms with Crippen LogP contribution in [0.3, 0.4) is 0 Å². The van der Waals surface area contributed by atoms with Crippen LogP contribution in [0.5, 0.6) is 0 Å². The van der Waals surface area contributed by atoms with Crippen LogP contribution in [-0.2, 0) is 0 Å². The van der Waals surface area contributed by atoms with Crippen LogP contribution in [0.15, 0.2) is 6.07 Å². The molecule has 0 atom stereocenters. The minimum absolute atomic E-state index is 0.537. The number of anilines is 2. The molecule has 0 aliphatic rings. The van der Waals surface area contributed by atoms with Crippen LogP contribution in [0.2, 0.25) is 0 Å². The number of hydrazine groups is 1. The molecule has 0 amide bonds. The van der Waals surface area contributed by atoms with Crippen molar-refractivity contribution in [3.63, 3.8) is 0 Å². The first-order valence-electron chi connectivity index (χ1n) is 6.05. The van der Waals surface area contributed by atoms with E-state index in [0.29, 0.717) is 23.5 Å². The Morgan fingerprint density at radius 3 is 2.83 bits per heavy atom. The summed E-state index contributed by atoms with van der Waals surface area (Å²) >= 11 is 0. The minimum Gasteiger partial charge on any atom is -0.353 e. The fraction of sp³-hybridized carbons (Fsp3) is 0.545. The second-order valence-corrected chi connectivity index (χ2v) is 4.68. The molecule has 18 heavy (non-hydrogen) atoms. The Kier molecular flexibility index (Phi) is 3.61. The number of rotatable bonds is 5. The molecule has 2 heterocycles. The molecule has 0 aliphatic heterocycles. The van der Waals surface area contributed by atoms with E-state index in [0.717, 1.165) is 18.7 Å². The first kappa shape index (κ1) is 12.6. The van der Waals surface area contributed by atoms with Crippen molar-refractivity contribution in [1.82, 2.24) is 19.6 Å². The molecule has 7 nitrogen and oxygen atoms in total. The molecule has 0 saturated heterocycles. The van der Waals surface area contributed by atoms with Crippen LogP contribution in [0.25, 0.3) is 5.78 Å². The largest absolute Gasteiger partial charge is 0.353 e. The smallest absolute Gasteiger partial charge is 0.256 e. The number of nitrogens with two attached hydrogens (primary N) is 1. The van der Waals surface area contributed by atoms with Crippen molar-refractivity contribution in [3.05, 3.63) is 11.8 Å². The first-order valence-corrected chi connectivity index (χ1v) is 6.05. The lowest BCUT2D eigenvalue weighted by Gasteiger charge is -2.04. The van der Waals surface area contributed by atoms with E-state index in [1.54, 1.807) is 4.52 Å². The molecule has 0 radical (unpaired) electrons. The first-order chi connectivity index (χ1) is 8.60. The van der Waals surface area contributed by atoms with Crippen LogP contribution in [0.1, 0.15) is 26.0 Å². The number of nitrogens with zero attached hydrogens (tertiary/aromatic N) is 4. The Morgan fingerprint density at radius 2 is 2.17 bits per heavy atom. The summed E-state index contributed by atoms with van der Waals surface area (Å²) in [6.45, 7) is 7.10. The van der Waals surface area contributed by atoms with Crippen molar-refractivity contribution in [2.45, 2.75) is 27.2 Å². The Hall–Kier alpha value is -1.89.